The number of hydrogen-bond donors (Lipinski definition) is 0. The molecule has 0 aromatic heterocycles. The molecule has 3 rings (SSSR count). The Bertz CT molecular complexity index is 895. The molecule has 0 saturated carbocycles. The predicted molar refractivity (Wildman–Crippen MR) is 115 cm³/mol. The molecule has 0 fully saturated rings. The van der Waals surface area contributed by atoms with E-state index >= 15 is 0 Å². The van der Waals surface area contributed by atoms with E-state index < -0.39 is 0 Å². The van der Waals surface area contributed by atoms with Crippen LogP contribution in [-0.4, -0.2) is 43.4 Å². The molecular weight excluding hydrogens is 419 g/mol. The van der Waals surface area contributed by atoms with Gasteiger partial charge in [-0.15, -0.1) is 0 Å². The van der Waals surface area contributed by atoms with Crippen LogP contribution in [0.5, 0.6) is 23.0 Å². The molecule has 0 atom stereocenters. The standard InChI is InChI=1S/C23H24O4Se/c1-24-15-9-11-21(26-3)19(13-15)17-7-6-8-18(23(17)28-5)20-14-16(25-2)10-12-22(20)27-4/h6-14H,1-5H3. The molecule has 0 aliphatic heterocycles. The van der Waals surface area contributed by atoms with E-state index in [0.29, 0.717) is 0 Å². The third-order valence-corrected chi connectivity index (χ3v) is 6.39. The second-order valence-electron chi connectivity index (χ2n) is 6.02. The summed E-state index contributed by atoms with van der Waals surface area (Å²) < 4.78 is 23.4. The summed E-state index contributed by atoms with van der Waals surface area (Å²) >= 11 is 0.230. The Labute approximate surface area is 172 Å². The summed E-state index contributed by atoms with van der Waals surface area (Å²) in [6.07, 6.45) is 0. The fourth-order valence-corrected chi connectivity index (χ4v) is 4.90. The van der Waals surface area contributed by atoms with Crippen LogP contribution < -0.4 is 23.4 Å². The van der Waals surface area contributed by atoms with Crippen LogP contribution in [0.3, 0.4) is 0 Å². The average Bonchev–Trinajstić information content (AvgIpc) is 2.77. The number of rotatable bonds is 7. The molecule has 0 amide bonds. The van der Waals surface area contributed by atoms with Gasteiger partial charge in [-0.2, -0.15) is 0 Å². The third kappa shape index (κ3) is 3.82. The van der Waals surface area contributed by atoms with Crippen LogP contribution in [0.1, 0.15) is 0 Å². The Balaban J connectivity index is 2.27. The molecule has 0 aliphatic carbocycles. The van der Waals surface area contributed by atoms with Crippen LogP contribution in [0.25, 0.3) is 22.3 Å². The zero-order chi connectivity index (χ0) is 20.1. The van der Waals surface area contributed by atoms with E-state index in [2.05, 4.69) is 24.0 Å². The summed E-state index contributed by atoms with van der Waals surface area (Å²) in [5, 5.41) is 0. The second-order valence-corrected chi connectivity index (χ2v) is 7.73. The maximum absolute atomic E-state index is 5.63. The van der Waals surface area contributed by atoms with E-state index in [0.717, 1.165) is 45.3 Å². The van der Waals surface area contributed by atoms with Crippen LogP contribution in [0.2, 0.25) is 5.82 Å². The van der Waals surface area contributed by atoms with Crippen molar-refractivity contribution in [3.8, 4) is 45.3 Å². The number of methoxy groups -OCH3 is 4. The van der Waals surface area contributed by atoms with Crippen molar-refractivity contribution in [2.45, 2.75) is 5.82 Å². The summed E-state index contributed by atoms with van der Waals surface area (Å²) in [6.45, 7) is 0. The van der Waals surface area contributed by atoms with Crippen molar-refractivity contribution >= 4 is 19.4 Å². The molecule has 146 valence electrons. The molecule has 4 nitrogen and oxygen atoms in total. The third-order valence-electron chi connectivity index (χ3n) is 4.61. The van der Waals surface area contributed by atoms with Gasteiger partial charge in [-0.05, 0) is 0 Å². The minimum atomic E-state index is 0.230. The fraction of sp³-hybridized carbons (Fsp3) is 0.217. The minimum absolute atomic E-state index is 0.230. The van der Waals surface area contributed by atoms with Gasteiger partial charge in [-0.3, -0.25) is 0 Å². The molecule has 0 radical (unpaired) electrons. The van der Waals surface area contributed by atoms with Crippen LogP contribution in [0.15, 0.2) is 54.6 Å². The molecule has 0 heterocycles. The SMILES string of the molecule is COc1ccc(OC)c(-c2cccc(-c3cc(OC)ccc3OC)c2[Se]C)c1. The monoisotopic (exact) mass is 444 g/mol. The van der Waals surface area contributed by atoms with Crippen LogP contribution in [0, 0.1) is 0 Å². The normalized spacial score (nSPS) is 10.5. The molecule has 0 saturated heterocycles. The summed E-state index contributed by atoms with van der Waals surface area (Å²) in [6, 6.07) is 18.1. The first-order valence-corrected chi connectivity index (χ1v) is 11.4. The molecule has 0 aliphatic rings. The Morgan fingerprint density at radius 3 is 1.39 bits per heavy atom. The molecule has 3 aromatic carbocycles. The van der Waals surface area contributed by atoms with E-state index in [1.807, 2.05) is 36.4 Å². The summed E-state index contributed by atoms with van der Waals surface area (Å²) in [5.74, 6) is 5.46. The number of benzene rings is 3. The Morgan fingerprint density at radius 1 is 0.571 bits per heavy atom. The quantitative estimate of drug-likeness (QED) is 0.507. The van der Waals surface area contributed by atoms with Gasteiger partial charge in [-0.25, -0.2) is 0 Å². The van der Waals surface area contributed by atoms with Gasteiger partial charge in [0.25, 0.3) is 0 Å². The first-order valence-electron chi connectivity index (χ1n) is 8.78. The molecule has 0 N–H and O–H groups in total. The van der Waals surface area contributed by atoms with Gasteiger partial charge in [0.05, 0.1) is 0 Å². The Kier molecular flexibility index (Phi) is 6.50. The second kappa shape index (κ2) is 9.05. The van der Waals surface area contributed by atoms with Gasteiger partial charge in [0.2, 0.25) is 0 Å². The van der Waals surface area contributed by atoms with Gasteiger partial charge in [0.1, 0.15) is 0 Å². The van der Waals surface area contributed by atoms with Crippen molar-refractivity contribution in [3.63, 3.8) is 0 Å². The molecule has 5 heteroatoms. The molecule has 0 bridgehead atoms. The van der Waals surface area contributed by atoms with E-state index in [1.54, 1.807) is 28.4 Å². The molecule has 0 spiro atoms. The van der Waals surface area contributed by atoms with Gasteiger partial charge in [0.15, 0.2) is 0 Å². The number of hydrogen-bond acceptors (Lipinski definition) is 4. The molecule has 0 unspecified atom stereocenters. The first kappa shape index (κ1) is 20.1. The van der Waals surface area contributed by atoms with Gasteiger partial charge in [-0.1, -0.05) is 0 Å². The molecule has 3 aromatic rings. The van der Waals surface area contributed by atoms with Gasteiger partial charge >= 0.3 is 172 Å². The van der Waals surface area contributed by atoms with Crippen molar-refractivity contribution in [3.05, 3.63) is 54.6 Å². The Morgan fingerprint density at radius 2 is 1.04 bits per heavy atom. The van der Waals surface area contributed by atoms with Gasteiger partial charge < -0.3 is 0 Å². The predicted octanol–water partition coefficient (Wildman–Crippen LogP) is 4.43. The van der Waals surface area contributed by atoms with Crippen LogP contribution >= 0.6 is 0 Å². The van der Waals surface area contributed by atoms with Crippen molar-refractivity contribution in [1.82, 2.24) is 0 Å². The zero-order valence-corrected chi connectivity index (χ0v) is 18.5. The number of ether oxygens (including phenoxy) is 4. The van der Waals surface area contributed by atoms with E-state index in [1.165, 1.54) is 4.46 Å². The zero-order valence-electron chi connectivity index (χ0n) is 16.7. The maximum atomic E-state index is 5.63. The summed E-state index contributed by atoms with van der Waals surface area (Å²) in [4.78, 5) is 0. The molecular formula is C23H24O4Se. The van der Waals surface area contributed by atoms with Crippen molar-refractivity contribution in [2.24, 2.45) is 0 Å². The van der Waals surface area contributed by atoms with Gasteiger partial charge in [0, 0.05) is 0 Å². The molecule has 28 heavy (non-hydrogen) atoms. The topological polar surface area (TPSA) is 36.9 Å². The average molecular weight is 443 g/mol. The van der Waals surface area contributed by atoms with Crippen molar-refractivity contribution < 1.29 is 18.9 Å². The van der Waals surface area contributed by atoms with Crippen LogP contribution in [0.4, 0.5) is 0 Å². The van der Waals surface area contributed by atoms with E-state index in [4.69, 9.17) is 18.9 Å². The van der Waals surface area contributed by atoms with Crippen molar-refractivity contribution in [2.75, 3.05) is 28.4 Å². The van der Waals surface area contributed by atoms with Crippen LogP contribution in [-0.2, 0) is 0 Å². The summed E-state index contributed by atoms with van der Waals surface area (Å²) in [5.41, 5.74) is 4.31. The fourth-order valence-electron chi connectivity index (χ4n) is 3.23. The van der Waals surface area contributed by atoms with Crippen molar-refractivity contribution in [1.29, 1.82) is 0 Å². The first-order chi connectivity index (χ1) is 13.7. The Hall–Kier alpha value is -2.62. The summed E-state index contributed by atoms with van der Waals surface area (Å²) in [7, 11) is 6.73. The van der Waals surface area contributed by atoms with E-state index in [-0.39, 0.29) is 15.0 Å². The van der Waals surface area contributed by atoms with E-state index in [9.17, 15) is 0 Å².